The van der Waals surface area contributed by atoms with Crippen LogP contribution in [0.1, 0.15) is 13.3 Å². The summed E-state index contributed by atoms with van der Waals surface area (Å²) in [4.78, 5) is 35.6. The van der Waals surface area contributed by atoms with Crippen molar-refractivity contribution in [2.24, 2.45) is 4.99 Å². The van der Waals surface area contributed by atoms with Gasteiger partial charge in [0.05, 0.1) is 6.42 Å². The summed E-state index contributed by atoms with van der Waals surface area (Å²) in [7, 11) is 2.13. The number of benzene rings is 1. The summed E-state index contributed by atoms with van der Waals surface area (Å²) in [6.07, 6.45) is 7.23. The van der Waals surface area contributed by atoms with Gasteiger partial charge in [-0.05, 0) is 50.4 Å². The molecule has 0 saturated carbocycles. The number of fused-ring (bicyclic) bond motifs is 1. The molecule has 3 heterocycles. The lowest BCUT2D eigenvalue weighted by atomic mass is 9.91. The summed E-state index contributed by atoms with van der Waals surface area (Å²) >= 11 is 0. The molecule has 4 rings (SSSR count). The number of anilines is 2. The monoisotopic (exact) mass is 379 g/mol. The lowest BCUT2D eigenvalue weighted by molar-refractivity contribution is -0.130. The van der Waals surface area contributed by atoms with Crippen molar-refractivity contribution in [1.29, 1.82) is 0 Å². The molecule has 0 radical (unpaired) electrons. The summed E-state index contributed by atoms with van der Waals surface area (Å²) in [5.41, 5.74) is 0.867. The molecule has 1 aromatic rings. The molecule has 1 aromatic carbocycles. The first-order valence-corrected chi connectivity index (χ1v) is 9.56. The summed E-state index contributed by atoms with van der Waals surface area (Å²) in [6, 6.07) is 7.90. The number of rotatable bonds is 3. The van der Waals surface area contributed by atoms with E-state index in [4.69, 9.17) is 0 Å². The van der Waals surface area contributed by atoms with E-state index < -0.39 is 5.54 Å². The highest BCUT2D eigenvalue weighted by Gasteiger charge is 2.45. The molecule has 146 valence electrons. The zero-order valence-corrected chi connectivity index (χ0v) is 16.3. The standard InChI is InChI=1S/C21H25N5O2/c1-21(15-19(27)23-18-5-3-4-10-26(18)21)20(28)22-16-6-8-17(9-7-16)25-13-11-24(2)12-14-25/h3-10H,11-15H2,1-2H3,(H,22,28). The van der Waals surface area contributed by atoms with Gasteiger partial charge in [-0.15, -0.1) is 0 Å². The van der Waals surface area contributed by atoms with E-state index in [1.165, 1.54) is 0 Å². The Morgan fingerprint density at radius 1 is 1.11 bits per heavy atom. The number of hydrogen-bond acceptors (Lipinski definition) is 5. The first-order chi connectivity index (χ1) is 13.5. The van der Waals surface area contributed by atoms with Gasteiger partial charge in [0.15, 0.2) is 0 Å². The number of likely N-dealkylation sites (N-methyl/N-ethyl adjacent to an activating group) is 1. The minimum absolute atomic E-state index is 0.0416. The number of amides is 2. The van der Waals surface area contributed by atoms with Gasteiger partial charge in [0.1, 0.15) is 11.4 Å². The fourth-order valence-electron chi connectivity index (χ4n) is 3.77. The van der Waals surface area contributed by atoms with Crippen molar-refractivity contribution < 1.29 is 9.59 Å². The third-order valence-corrected chi connectivity index (χ3v) is 5.59. The number of aliphatic imine (C=N–C) groups is 1. The quantitative estimate of drug-likeness (QED) is 0.868. The molecule has 1 atom stereocenters. The molecule has 1 saturated heterocycles. The molecule has 1 fully saturated rings. The van der Waals surface area contributed by atoms with Crippen LogP contribution in [0.15, 0.2) is 53.7 Å². The fraction of sp³-hybridized carbons (Fsp3) is 0.381. The molecule has 3 aliphatic heterocycles. The van der Waals surface area contributed by atoms with Crippen molar-refractivity contribution in [1.82, 2.24) is 9.80 Å². The minimum atomic E-state index is -1.01. The van der Waals surface area contributed by atoms with Gasteiger partial charge in [-0.2, -0.15) is 4.99 Å². The summed E-state index contributed by atoms with van der Waals surface area (Å²) in [5.74, 6) is -0.00312. The molecule has 0 aromatic heterocycles. The molecule has 1 unspecified atom stereocenters. The smallest absolute Gasteiger partial charge is 0.250 e. The van der Waals surface area contributed by atoms with Crippen LogP contribution in [0.25, 0.3) is 0 Å². The molecule has 0 aliphatic carbocycles. The largest absolute Gasteiger partial charge is 0.369 e. The second-order valence-electron chi connectivity index (χ2n) is 7.68. The van der Waals surface area contributed by atoms with Crippen molar-refractivity contribution in [2.75, 3.05) is 43.4 Å². The Morgan fingerprint density at radius 3 is 2.54 bits per heavy atom. The third-order valence-electron chi connectivity index (χ3n) is 5.59. The van der Waals surface area contributed by atoms with Crippen molar-refractivity contribution in [3.63, 3.8) is 0 Å². The third kappa shape index (κ3) is 3.45. The molecule has 0 bridgehead atoms. The molecule has 7 heteroatoms. The van der Waals surface area contributed by atoms with Crippen LogP contribution < -0.4 is 10.2 Å². The van der Waals surface area contributed by atoms with Crippen LogP contribution in [0.3, 0.4) is 0 Å². The Morgan fingerprint density at radius 2 is 1.82 bits per heavy atom. The van der Waals surface area contributed by atoms with Gasteiger partial charge in [0.25, 0.3) is 11.8 Å². The molecule has 1 N–H and O–H groups in total. The van der Waals surface area contributed by atoms with Crippen molar-refractivity contribution in [3.8, 4) is 0 Å². The SMILES string of the molecule is CN1CCN(c2ccc(NC(=O)C3(C)CC(=O)N=C4C=CC=CN43)cc2)CC1. The number of amidine groups is 1. The molecule has 0 spiro atoms. The zero-order chi connectivity index (χ0) is 19.7. The number of carbonyl (C=O) groups excluding carboxylic acids is 2. The first kappa shape index (κ1) is 18.4. The Labute approximate surface area is 165 Å². The van der Waals surface area contributed by atoms with Crippen molar-refractivity contribution in [3.05, 3.63) is 48.7 Å². The maximum atomic E-state index is 13.1. The fourth-order valence-corrected chi connectivity index (χ4v) is 3.77. The first-order valence-electron chi connectivity index (χ1n) is 9.56. The van der Waals surface area contributed by atoms with Gasteiger partial charge < -0.3 is 20.0 Å². The topological polar surface area (TPSA) is 68.2 Å². The summed E-state index contributed by atoms with van der Waals surface area (Å²) in [5, 5.41) is 2.97. The molecule has 7 nitrogen and oxygen atoms in total. The van der Waals surface area contributed by atoms with Crippen LogP contribution in [0, 0.1) is 0 Å². The average molecular weight is 379 g/mol. The predicted molar refractivity (Wildman–Crippen MR) is 110 cm³/mol. The molecule has 3 aliphatic rings. The van der Waals surface area contributed by atoms with Crippen molar-refractivity contribution in [2.45, 2.75) is 18.9 Å². The van der Waals surface area contributed by atoms with E-state index in [0.717, 1.165) is 37.6 Å². The van der Waals surface area contributed by atoms with Crippen LogP contribution in [-0.2, 0) is 9.59 Å². The Hall–Kier alpha value is -2.93. The van der Waals surface area contributed by atoms with Gasteiger partial charge in [-0.3, -0.25) is 9.59 Å². The number of nitrogens with one attached hydrogen (secondary N) is 1. The van der Waals surface area contributed by atoms with Crippen LogP contribution in [0.5, 0.6) is 0 Å². The number of hydrogen-bond donors (Lipinski definition) is 1. The summed E-state index contributed by atoms with van der Waals surface area (Å²) < 4.78 is 0. The predicted octanol–water partition coefficient (Wildman–Crippen LogP) is 1.85. The molecular weight excluding hydrogens is 354 g/mol. The highest BCUT2D eigenvalue weighted by Crippen LogP contribution is 2.29. The normalized spacial score (nSPS) is 24.8. The number of carbonyl (C=O) groups is 2. The van der Waals surface area contributed by atoms with Gasteiger partial charge in [0.2, 0.25) is 0 Å². The Bertz CT molecular complexity index is 865. The second-order valence-corrected chi connectivity index (χ2v) is 7.68. The van der Waals surface area contributed by atoms with Gasteiger partial charge in [-0.1, -0.05) is 6.08 Å². The number of piperazine rings is 1. The van der Waals surface area contributed by atoms with E-state index >= 15 is 0 Å². The Balaban J connectivity index is 1.47. The summed E-state index contributed by atoms with van der Waals surface area (Å²) in [6.45, 7) is 5.87. The second kappa shape index (κ2) is 7.24. The van der Waals surface area contributed by atoms with E-state index in [1.807, 2.05) is 36.4 Å². The lowest BCUT2D eigenvalue weighted by Crippen LogP contribution is -2.58. The van der Waals surface area contributed by atoms with E-state index in [1.54, 1.807) is 24.1 Å². The van der Waals surface area contributed by atoms with E-state index in [-0.39, 0.29) is 18.2 Å². The van der Waals surface area contributed by atoms with E-state index in [2.05, 4.69) is 27.2 Å². The molecule has 2 amide bonds. The maximum Gasteiger partial charge on any atom is 0.250 e. The van der Waals surface area contributed by atoms with Gasteiger partial charge in [-0.25, -0.2) is 0 Å². The average Bonchev–Trinajstić information content (AvgIpc) is 2.69. The van der Waals surface area contributed by atoms with Crippen LogP contribution >= 0.6 is 0 Å². The van der Waals surface area contributed by atoms with E-state index in [9.17, 15) is 9.59 Å². The Kier molecular flexibility index (Phi) is 4.77. The van der Waals surface area contributed by atoms with E-state index in [0.29, 0.717) is 5.84 Å². The number of allylic oxidation sites excluding steroid dienone is 2. The van der Waals surface area contributed by atoms with Crippen molar-refractivity contribution >= 4 is 29.0 Å². The van der Waals surface area contributed by atoms with Crippen LogP contribution in [0.4, 0.5) is 11.4 Å². The molecular formula is C21H25N5O2. The maximum absolute atomic E-state index is 13.1. The number of nitrogens with zero attached hydrogens (tertiary/aromatic N) is 4. The zero-order valence-electron chi connectivity index (χ0n) is 16.3. The lowest BCUT2D eigenvalue weighted by Gasteiger charge is -2.41. The minimum Gasteiger partial charge on any atom is -0.369 e. The highest BCUT2D eigenvalue weighted by atomic mass is 16.2. The van der Waals surface area contributed by atoms with Crippen LogP contribution in [0.2, 0.25) is 0 Å². The van der Waals surface area contributed by atoms with Gasteiger partial charge >= 0.3 is 0 Å². The van der Waals surface area contributed by atoms with Crippen LogP contribution in [-0.4, -0.2) is 66.2 Å². The highest BCUT2D eigenvalue weighted by molar-refractivity contribution is 6.11. The van der Waals surface area contributed by atoms with Gasteiger partial charge in [0, 0.05) is 43.8 Å². The molecule has 28 heavy (non-hydrogen) atoms.